The van der Waals surface area contributed by atoms with Crippen molar-refractivity contribution in [1.29, 1.82) is 0 Å². The number of ether oxygens (including phenoxy) is 2. The van der Waals surface area contributed by atoms with E-state index in [0.29, 0.717) is 22.6 Å². The molecular weight excluding hydrogens is 344 g/mol. The molecule has 0 fully saturated rings. The lowest BCUT2D eigenvalue weighted by Gasteiger charge is -2.27. The van der Waals surface area contributed by atoms with Gasteiger partial charge in [-0.2, -0.15) is 0 Å². The molecule has 1 aliphatic rings. The fourth-order valence-electron chi connectivity index (χ4n) is 3.63. The van der Waals surface area contributed by atoms with Crippen molar-refractivity contribution in [3.05, 3.63) is 69.6 Å². The second kappa shape index (κ2) is 6.58. The summed E-state index contributed by atoms with van der Waals surface area (Å²) >= 11 is 0. The summed E-state index contributed by atoms with van der Waals surface area (Å²) in [6, 6.07) is 12.7. The highest BCUT2D eigenvalue weighted by atomic mass is 16.5. The quantitative estimate of drug-likeness (QED) is 0.393. The third-order valence-corrected chi connectivity index (χ3v) is 4.72. The van der Waals surface area contributed by atoms with Gasteiger partial charge in [-0.15, -0.1) is 0 Å². The predicted molar refractivity (Wildman–Crippen MR) is 102 cm³/mol. The van der Waals surface area contributed by atoms with Crippen molar-refractivity contribution in [2.75, 3.05) is 0 Å². The first-order chi connectivity index (χ1) is 12.9. The van der Waals surface area contributed by atoms with Gasteiger partial charge in [-0.1, -0.05) is 18.2 Å². The molecule has 4 rings (SSSR count). The lowest BCUT2D eigenvalue weighted by atomic mass is 9.84. The molecule has 5 heteroatoms. The Balaban J connectivity index is 2.00. The Kier molecular flexibility index (Phi) is 4.22. The number of hydrogen-bond acceptors (Lipinski definition) is 5. The van der Waals surface area contributed by atoms with Gasteiger partial charge in [0.2, 0.25) is 0 Å². The van der Waals surface area contributed by atoms with E-state index in [9.17, 15) is 9.59 Å². The van der Waals surface area contributed by atoms with Gasteiger partial charge in [-0.25, -0.2) is 4.79 Å². The lowest BCUT2D eigenvalue weighted by molar-refractivity contribution is -0.135. The smallest absolute Gasteiger partial charge is 0.336 e. The zero-order valence-corrected chi connectivity index (χ0v) is 15.4. The first-order valence-electron chi connectivity index (χ1n) is 8.97. The summed E-state index contributed by atoms with van der Waals surface area (Å²) in [7, 11) is 0. The van der Waals surface area contributed by atoms with E-state index in [0.717, 1.165) is 16.5 Å². The van der Waals surface area contributed by atoms with E-state index in [2.05, 4.69) is 0 Å². The van der Waals surface area contributed by atoms with E-state index in [4.69, 9.17) is 13.9 Å². The number of aryl methyl sites for hydroxylation is 1. The average molecular weight is 364 g/mol. The SMILES string of the molecule is Cc1cc(=O)oc2c3c(ccc12)OC(=O)CC3c1ccccc1OC(C)C. The van der Waals surface area contributed by atoms with Gasteiger partial charge >= 0.3 is 11.6 Å². The van der Waals surface area contributed by atoms with Crippen LogP contribution in [-0.2, 0) is 4.79 Å². The van der Waals surface area contributed by atoms with Crippen molar-refractivity contribution in [3.8, 4) is 11.5 Å². The summed E-state index contributed by atoms with van der Waals surface area (Å²) < 4.78 is 17.0. The largest absolute Gasteiger partial charge is 0.491 e. The molecule has 1 aromatic heterocycles. The molecule has 5 nitrogen and oxygen atoms in total. The summed E-state index contributed by atoms with van der Waals surface area (Å²) in [6.45, 7) is 5.78. The number of fused-ring (bicyclic) bond motifs is 3. The van der Waals surface area contributed by atoms with Crippen LogP contribution in [0.1, 0.15) is 42.9 Å². The number of rotatable bonds is 3. The van der Waals surface area contributed by atoms with Crippen LogP contribution in [0.15, 0.2) is 51.7 Å². The van der Waals surface area contributed by atoms with Crippen LogP contribution in [0, 0.1) is 6.92 Å². The number of carbonyl (C=O) groups is 1. The monoisotopic (exact) mass is 364 g/mol. The van der Waals surface area contributed by atoms with Crippen LogP contribution in [0.3, 0.4) is 0 Å². The summed E-state index contributed by atoms with van der Waals surface area (Å²) in [5.74, 6) is 0.507. The summed E-state index contributed by atoms with van der Waals surface area (Å²) in [4.78, 5) is 24.3. The van der Waals surface area contributed by atoms with Crippen molar-refractivity contribution in [2.24, 2.45) is 0 Å². The molecule has 1 aliphatic heterocycles. The van der Waals surface area contributed by atoms with Gasteiger partial charge in [0.25, 0.3) is 0 Å². The van der Waals surface area contributed by atoms with Crippen molar-refractivity contribution in [1.82, 2.24) is 0 Å². The molecule has 2 aromatic carbocycles. The van der Waals surface area contributed by atoms with Crippen LogP contribution < -0.4 is 15.1 Å². The summed E-state index contributed by atoms with van der Waals surface area (Å²) in [5.41, 5.74) is 2.46. The molecule has 0 saturated carbocycles. The Morgan fingerprint density at radius 3 is 2.67 bits per heavy atom. The number of carbonyl (C=O) groups excluding carboxylic acids is 1. The topological polar surface area (TPSA) is 65.7 Å². The third-order valence-electron chi connectivity index (χ3n) is 4.72. The van der Waals surface area contributed by atoms with Crippen LogP contribution in [0.4, 0.5) is 0 Å². The Bertz CT molecular complexity index is 1090. The fourth-order valence-corrected chi connectivity index (χ4v) is 3.63. The molecule has 0 aliphatic carbocycles. The molecule has 0 N–H and O–H groups in total. The second-order valence-corrected chi connectivity index (χ2v) is 7.04. The Hall–Kier alpha value is -3.08. The maximum Gasteiger partial charge on any atom is 0.336 e. The Morgan fingerprint density at radius 2 is 1.89 bits per heavy atom. The van der Waals surface area contributed by atoms with Crippen LogP contribution in [0.5, 0.6) is 11.5 Å². The van der Waals surface area contributed by atoms with Crippen molar-refractivity contribution >= 4 is 16.9 Å². The van der Waals surface area contributed by atoms with E-state index < -0.39 is 5.63 Å². The maximum absolute atomic E-state index is 12.3. The molecular formula is C22H20O5. The van der Waals surface area contributed by atoms with Gasteiger partial charge in [0.1, 0.15) is 17.1 Å². The number of esters is 1. The lowest BCUT2D eigenvalue weighted by Crippen LogP contribution is -2.22. The second-order valence-electron chi connectivity index (χ2n) is 7.04. The molecule has 1 atom stereocenters. The summed E-state index contributed by atoms with van der Waals surface area (Å²) in [6.07, 6.45) is 0.149. The van der Waals surface area contributed by atoms with Crippen LogP contribution in [0.25, 0.3) is 11.0 Å². The number of hydrogen-bond donors (Lipinski definition) is 0. The molecule has 0 amide bonds. The molecule has 3 aromatic rings. The Labute approximate surface area is 156 Å². The van der Waals surface area contributed by atoms with Crippen LogP contribution in [-0.4, -0.2) is 12.1 Å². The van der Waals surface area contributed by atoms with Gasteiger partial charge in [0.15, 0.2) is 0 Å². The highest BCUT2D eigenvalue weighted by Gasteiger charge is 2.33. The number of benzene rings is 2. The molecule has 0 spiro atoms. The van der Waals surface area contributed by atoms with E-state index in [1.54, 1.807) is 6.07 Å². The van der Waals surface area contributed by atoms with E-state index in [1.165, 1.54) is 6.07 Å². The fraction of sp³-hybridized carbons (Fsp3) is 0.273. The highest BCUT2D eigenvalue weighted by Crippen LogP contribution is 2.45. The zero-order chi connectivity index (χ0) is 19.1. The maximum atomic E-state index is 12.3. The van der Waals surface area contributed by atoms with Gasteiger partial charge in [-0.3, -0.25) is 4.79 Å². The zero-order valence-electron chi connectivity index (χ0n) is 15.4. The molecule has 1 unspecified atom stereocenters. The predicted octanol–water partition coefficient (Wildman–Crippen LogP) is 4.33. The van der Waals surface area contributed by atoms with Crippen LogP contribution in [0.2, 0.25) is 0 Å². The first kappa shape index (κ1) is 17.3. The first-order valence-corrected chi connectivity index (χ1v) is 8.97. The molecule has 0 bridgehead atoms. The van der Waals surface area contributed by atoms with Gasteiger partial charge in [0.05, 0.1) is 12.5 Å². The van der Waals surface area contributed by atoms with E-state index >= 15 is 0 Å². The Morgan fingerprint density at radius 1 is 1.11 bits per heavy atom. The molecule has 27 heavy (non-hydrogen) atoms. The van der Waals surface area contributed by atoms with Gasteiger partial charge in [-0.05, 0) is 44.5 Å². The minimum atomic E-state index is -0.421. The standard InChI is InChI=1S/C22H20O5/c1-12(2)25-17-7-5-4-6-15(17)16-11-20(24)26-18-9-8-14-13(3)10-19(23)27-22(14)21(16)18/h4-10,12,16H,11H2,1-3H3. The van der Waals surface area contributed by atoms with Crippen molar-refractivity contribution < 1.29 is 18.7 Å². The van der Waals surface area contributed by atoms with Crippen molar-refractivity contribution in [2.45, 2.75) is 39.2 Å². The van der Waals surface area contributed by atoms with E-state index in [-0.39, 0.29) is 24.4 Å². The molecule has 138 valence electrons. The normalized spacial score (nSPS) is 16.3. The summed E-state index contributed by atoms with van der Waals surface area (Å²) in [5, 5.41) is 0.832. The average Bonchev–Trinajstić information content (AvgIpc) is 2.60. The minimum absolute atomic E-state index is 0.00569. The minimum Gasteiger partial charge on any atom is -0.491 e. The molecule has 2 heterocycles. The molecule has 0 saturated heterocycles. The molecule has 0 radical (unpaired) electrons. The van der Waals surface area contributed by atoms with Crippen LogP contribution >= 0.6 is 0 Å². The number of para-hydroxylation sites is 1. The van der Waals surface area contributed by atoms with Gasteiger partial charge < -0.3 is 13.9 Å². The van der Waals surface area contributed by atoms with Crippen molar-refractivity contribution in [3.63, 3.8) is 0 Å². The highest BCUT2D eigenvalue weighted by molar-refractivity contribution is 5.90. The van der Waals surface area contributed by atoms with Gasteiger partial charge in [0, 0.05) is 28.5 Å². The van der Waals surface area contributed by atoms with E-state index in [1.807, 2.05) is 51.1 Å². The third kappa shape index (κ3) is 3.10.